The maximum atomic E-state index is 14.8. The molecule has 2 aromatic carbocycles. The third kappa shape index (κ3) is 2.67. The lowest BCUT2D eigenvalue weighted by Crippen LogP contribution is -2.79. The summed E-state index contributed by atoms with van der Waals surface area (Å²) in [6.45, 7) is 1.00. The van der Waals surface area contributed by atoms with E-state index in [-0.39, 0.29) is 6.54 Å². The number of aliphatic hydroxyl groups excluding tert-OH is 2. The Hall–Kier alpha value is -3.09. The Morgan fingerprint density at radius 1 is 0.851 bits per heavy atom. The van der Waals surface area contributed by atoms with Gasteiger partial charge < -0.3 is 30.6 Å². The molecule has 4 amide bonds. The number of rotatable bonds is 3. The van der Waals surface area contributed by atoms with Crippen molar-refractivity contribution in [1.82, 2.24) is 19.6 Å². The van der Waals surface area contributed by atoms with Gasteiger partial charge in [0, 0.05) is 25.5 Å². The van der Waals surface area contributed by atoms with Crippen molar-refractivity contribution in [2.75, 3.05) is 31.3 Å². The quantitative estimate of drug-likeness (QED) is 0.169. The number of hydrogen-bond donors (Lipinski definition) is 5. The van der Waals surface area contributed by atoms with Crippen LogP contribution in [0.4, 0.5) is 11.4 Å². The van der Waals surface area contributed by atoms with Gasteiger partial charge in [-0.3, -0.25) is 33.8 Å². The van der Waals surface area contributed by atoms with Crippen molar-refractivity contribution in [3.63, 3.8) is 0 Å². The van der Waals surface area contributed by atoms with Crippen LogP contribution in [0.25, 0.3) is 0 Å². The van der Waals surface area contributed by atoms with E-state index in [1.54, 1.807) is 48.5 Å². The molecule has 0 radical (unpaired) electrons. The van der Waals surface area contributed by atoms with Crippen LogP contribution in [-0.4, -0.2) is 119 Å². The maximum Gasteiger partial charge on any atom is 0.271 e. The van der Waals surface area contributed by atoms with E-state index in [4.69, 9.17) is 0 Å². The van der Waals surface area contributed by atoms with Crippen LogP contribution in [0.3, 0.4) is 0 Å². The highest BCUT2D eigenvalue weighted by molar-refractivity contribution is 8.78. The van der Waals surface area contributed by atoms with Crippen LogP contribution in [-0.2, 0) is 34.8 Å². The molecular weight excluding hydrogens is 685 g/mol. The van der Waals surface area contributed by atoms with Gasteiger partial charge in [0.1, 0.15) is 24.5 Å². The fourth-order valence-electron chi connectivity index (χ4n) is 9.77. The minimum atomic E-state index is -1.96. The molecule has 2 bridgehead atoms. The molecule has 10 rings (SSSR count). The van der Waals surface area contributed by atoms with Gasteiger partial charge in [0.05, 0.1) is 17.4 Å². The van der Waals surface area contributed by atoms with Crippen molar-refractivity contribution in [3.05, 3.63) is 59.7 Å². The van der Waals surface area contributed by atoms with Gasteiger partial charge in [-0.2, -0.15) is 0 Å². The molecule has 244 valence electrons. The molecule has 0 aliphatic carbocycles. The summed E-state index contributed by atoms with van der Waals surface area (Å²) in [5.41, 5.74) is -1.47. The van der Waals surface area contributed by atoms with Crippen molar-refractivity contribution in [2.24, 2.45) is 0 Å². The molecule has 6 saturated heterocycles. The van der Waals surface area contributed by atoms with E-state index in [1.165, 1.54) is 35.7 Å². The zero-order valence-corrected chi connectivity index (χ0v) is 28.4. The van der Waals surface area contributed by atoms with Crippen LogP contribution in [0.15, 0.2) is 48.5 Å². The number of benzene rings is 2. The molecular formula is C30H28N6O7S4. The largest absolute Gasteiger partial charge is 0.388 e. The number of aliphatic hydroxyl groups is 2. The Bertz CT molecular complexity index is 1900. The van der Waals surface area contributed by atoms with Crippen LogP contribution >= 0.6 is 44.0 Å². The van der Waals surface area contributed by atoms with Gasteiger partial charge in [-0.25, -0.2) is 0 Å². The number of nitrogens with zero attached hydrogens (tertiary/aromatic N) is 4. The number of carbonyl (C=O) groups excluding carboxylic acids is 5. The zero-order valence-electron chi connectivity index (χ0n) is 25.0. The molecule has 1 spiro atoms. The van der Waals surface area contributed by atoms with E-state index in [9.17, 15) is 34.2 Å². The van der Waals surface area contributed by atoms with Crippen LogP contribution < -0.4 is 10.6 Å². The summed E-state index contributed by atoms with van der Waals surface area (Å²) in [4.78, 5) is 70.4. The lowest BCUT2D eigenvalue weighted by molar-refractivity contribution is -0.169. The first kappa shape index (κ1) is 30.0. The number of carbonyl (C=O) groups is 5. The summed E-state index contributed by atoms with van der Waals surface area (Å²) in [5.74, 6) is -2.87. The molecule has 2 aromatic rings. The summed E-state index contributed by atoms with van der Waals surface area (Å²) >= 11 is 4.53. The van der Waals surface area contributed by atoms with Crippen molar-refractivity contribution in [3.8, 4) is 0 Å². The van der Waals surface area contributed by atoms with Crippen molar-refractivity contribution in [1.29, 1.82) is 0 Å². The number of para-hydroxylation sites is 2. The molecule has 8 aliphatic rings. The standard InChI is InChI=1S/C30H28N6O7S4/c1-13(37)28-25(43)36-22-27(15-9-5-7-11-17(15)32-22,20(40)30(36,47-46-28)24(42)34(28)3)26-14-8-4-6-10-16(14)31-21(26)35-18(38)12-33(2)23(41)29(35,45-44)19(26)39/h4-11,19-22,31-32,39-40,44H,12H2,1-3H3/t19-,20+,21-,22-,26-,27-,28-,29+,30+/m1/s1. The average Bonchev–Trinajstić information content (AvgIpc) is 3.70. The van der Waals surface area contributed by atoms with Gasteiger partial charge in [-0.1, -0.05) is 47.2 Å². The number of Topliss-reactive ketones (excluding diaryl/α,β-unsaturated/α-hetero) is 1. The van der Waals surface area contributed by atoms with Gasteiger partial charge in [-0.05, 0) is 51.8 Å². The molecule has 0 saturated carbocycles. The first-order valence-electron chi connectivity index (χ1n) is 14.9. The molecule has 9 atom stereocenters. The van der Waals surface area contributed by atoms with Crippen LogP contribution in [0, 0.1) is 0 Å². The normalized spacial score (nSPS) is 42.1. The van der Waals surface area contributed by atoms with Crippen molar-refractivity contribution in [2.45, 2.75) is 56.9 Å². The van der Waals surface area contributed by atoms with Gasteiger partial charge in [0.15, 0.2) is 5.78 Å². The van der Waals surface area contributed by atoms with Crippen molar-refractivity contribution < 1.29 is 34.2 Å². The summed E-state index contributed by atoms with van der Waals surface area (Å²) < 4.78 is 0. The first-order valence-corrected chi connectivity index (χ1v) is 18.9. The number of hydrogen-bond acceptors (Lipinski definition) is 13. The fraction of sp³-hybridized carbons (Fsp3) is 0.433. The van der Waals surface area contributed by atoms with Crippen LogP contribution in [0.1, 0.15) is 18.1 Å². The van der Waals surface area contributed by atoms with Crippen molar-refractivity contribution >= 4 is 84.8 Å². The lowest BCUT2D eigenvalue weighted by Gasteiger charge is -2.57. The summed E-state index contributed by atoms with van der Waals surface area (Å²) in [6.07, 6.45) is -5.81. The molecule has 8 aliphatic heterocycles. The second-order valence-corrected chi connectivity index (χ2v) is 16.9. The maximum absolute atomic E-state index is 14.8. The number of anilines is 2. The van der Waals surface area contributed by atoms with E-state index in [2.05, 4.69) is 22.3 Å². The van der Waals surface area contributed by atoms with Gasteiger partial charge in [-0.15, -0.1) is 11.7 Å². The second kappa shape index (κ2) is 8.92. The average molecular weight is 713 g/mol. The highest BCUT2D eigenvalue weighted by Gasteiger charge is 2.92. The number of likely N-dealkylation sites (N-methyl/N-ethyl adjacent to an activating group) is 2. The third-order valence-corrected chi connectivity index (χ3v) is 16.9. The fourth-order valence-corrected chi connectivity index (χ4v) is 15.2. The predicted octanol–water partition coefficient (Wildman–Crippen LogP) is 0.367. The highest BCUT2D eigenvalue weighted by atomic mass is 33.1. The number of amides is 4. The molecule has 47 heavy (non-hydrogen) atoms. The highest BCUT2D eigenvalue weighted by Crippen LogP contribution is 2.76. The number of nitrogens with one attached hydrogen (secondary N) is 2. The van der Waals surface area contributed by atoms with E-state index in [1.807, 2.05) is 0 Å². The molecule has 0 aromatic heterocycles. The molecule has 17 heteroatoms. The van der Waals surface area contributed by atoms with Crippen LogP contribution in [0.5, 0.6) is 0 Å². The zero-order chi connectivity index (χ0) is 33.2. The lowest BCUT2D eigenvalue weighted by atomic mass is 9.52. The van der Waals surface area contributed by atoms with Gasteiger partial charge >= 0.3 is 0 Å². The first-order chi connectivity index (χ1) is 22.4. The van der Waals surface area contributed by atoms with E-state index in [0.29, 0.717) is 22.5 Å². The smallest absolute Gasteiger partial charge is 0.271 e. The summed E-state index contributed by atoms with van der Waals surface area (Å²) in [6, 6.07) is 14.2. The molecule has 0 unspecified atom stereocenters. The SMILES string of the molecule is CC(=O)[C@]12SS[C@]3(C(=O)N1C)[C@@H](O)[C@]1([C@@]45c6ccccc6N[C@@H]4N4C(=O)CN(C)C(=O)[C@@]4(SS)[C@@H]5O)c4ccccc4N[C@@H]1N3C2=O. The topological polar surface area (TPSA) is 163 Å². The number of ketones is 1. The molecule has 8 heterocycles. The Morgan fingerprint density at radius 2 is 1.40 bits per heavy atom. The monoisotopic (exact) mass is 712 g/mol. The third-order valence-electron chi connectivity index (χ3n) is 11.5. The Balaban J connectivity index is 1.43. The van der Waals surface area contributed by atoms with E-state index >= 15 is 0 Å². The van der Waals surface area contributed by atoms with Gasteiger partial charge in [0.2, 0.25) is 20.5 Å². The Morgan fingerprint density at radius 3 is 1.98 bits per heavy atom. The number of fused-ring (bicyclic) bond motifs is 11. The van der Waals surface area contributed by atoms with E-state index in [0.717, 1.165) is 37.3 Å². The Kier molecular flexibility index (Phi) is 5.70. The summed E-state index contributed by atoms with van der Waals surface area (Å²) in [7, 11) is 5.50. The molecule has 13 nitrogen and oxygen atoms in total. The van der Waals surface area contributed by atoms with E-state index < -0.39 is 79.4 Å². The predicted molar refractivity (Wildman–Crippen MR) is 178 cm³/mol. The number of piperazine rings is 2. The second-order valence-electron chi connectivity index (χ2n) is 13.0. The number of thiol groups is 1. The minimum Gasteiger partial charge on any atom is -0.388 e. The minimum absolute atomic E-state index is 0.258. The Labute approximate surface area is 285 Å². The van der Waals surface area contributed by atoms with Crippen LogP contribution in [0.2, 0.25) is 0 Å². The summed E-state index contributed by atoms with van der Waals surface area (Å²) in [5, 5.41) is 33.3. The van der Waals surface area contributed by atoms with Gasteiger partial charge in [0.25, 0.3) is 17.7 Å². The molecule has 4 N–H and O–H groups in total. The molecule has 6 fully saturated rings.